The standard InChI is InChI=1S/C21H28N4OS/c1-2-24-20(16-13-14-16)22-23-21(24)27-15-19(26)25(17-9-5-3-6-10-17)18-11-7-4-8-12-18/h3,5-6,9-10,16,18H,2,4,7-8,11-15H2,1H3. The molecule has 6 heteroatoms. The topological polar surface area (TPSA) is 51.0 Å². The Kier molecular flexibility index (Phi) is 5.81. The van der Waals surface area contributed by atoms with E-state index in [2.05, 4.69) is 33.8 Å². The van der Waals surface area contributed by atoms with E-state index in [0.717, 1.165) is 36.1 Å². The van der Waals surface area contributed by atoms with Crippen molar-refractivity contribution < 1.29 is 4.79 Å². The summed E-state index contributed by atoms with van der Waals surface area (Å²) in [5.41, 5.74) is 1.02. The highest BCUT2D eigenvalue weighted by Gasteiger charge is 2.31. The Bertz CT molecular complexity index is 766. The third kappa shape index (κ3) is 4.21. The van der Waals surface area contributed by atoms with Crippen LogP contribution in [0.15, 0.2) is 35.5 Å². The summed E-state index contributed by atoms with van der Waals surface area (Å²) in [7, 11) is 0. The molecule has 1 amide bonds. The summed E-state index contributed by atoms with van der Waals surface area (Å²) in [6.45, 7) is 2.99. The molecule has 0 saturated heterocycles. The summed E-state index contributed by atoms with van der Waals surface area (Å²) in [4.78, 5) is 15.3. The molecular formula is C21H28N4OS. The minimum atomic E-state index is 0.178. The molecule has 0 bridgehead atoms. The van der Waals surface area contributed by atoms with Crippen molar-refractivity contribution in [1.82, 2.24) is 14.8 Å². The second kappa shape index (κ2) is 8.46. The first kappa shape index (κ1) is 18.5. The predicted octanol–water partition coefficient (Wildman–Crippen LogP) is 4.63. The SMILES string of the molecule is CCn1c(SCC(=O)N(c2ccccc2)C2CCCCC2)nnc1C1CC1. The highest BCUT2D eigenvalue weighted by atomic mass is 32.2. The van der Waals surface area contributed by atoms with E-state index in [1.807, 2.05) is 23.1 Å². The number of benzene rings is 1. The van der Waals surface area contributed by atoms with Gasteiger partial charge in [-0.25, -0.2) is 0 Å². The summed E-state index contributed by atoms with van der Waals surface area (Å²) in [5.74, 6) is 2.26. The molecule has 5 nitrogen and oxygen atoms in total. The molecule has 144 valence electrons. The van der Waals surface area contributed by atoms with Crippen LogP contribution in [0.5, 0.6) is 0 Å². The molecule has 1 aromatic heterocycles. The number of thioether (sulfide) groups is 1. The molecule has 2 saturated carbocycles. The van der Waals surface area contributed by atoms with Gasteiger partial charge in [-0.2, -0.15) is 0 Å². The van der Waals surface area contributed by atoms with Crippen LogP contribution in [0.1, 0.15) is 63.6 Å². The van der Waals surface area contributed by atoms with Gasteiger partial charge in [0, 0.05) is 24.2 Å². The summed E-state index contributed by atoms with van der Waals surface area (Å²) in [6.07, 6.45) is 8.33. The quantitative estimate of drug-likeness (QED) is 0.653. The van der Waals surface area contributed by atoms with Crippen molar-refractivity contribution in [3.05, 3.63) is 36.2 Å². The number of amides is 1. The zero-order valence-corrected chi connectivity index (χ0v) is 16.8. The van der Waals surface area contributed by atoms with Crippen molar-refractivity contribution >= 4 is 23.4 Å². The first-order valence-electron chi connectivity index (χ1n) is 10.2. The molecule has 4 rings (SSSR count). The average molecular weight is 385 g/mol. The molecule has 0 spiro atoms. The van der Waals surface area contributed by atoms with Gasteiger partial charge in [-0.1, -0.05) is 49.2 Å². The number of nitrogens with zero attached hydrogens (tertiary/aromatic N) is 4. The normalized spacial score (nSPS) is 17.8. The van der Waals surface area contributed by atoms with Crippen LogP contribution in [0.25, 0.3) is 0 Å². The Morgan fingerprint density at radius 1 is 1.11 bits per heavy atom. The van der Waals surface area contributed by atoms with E-state index >= 15 is 0 Å². The fourth-order valence-corrected chi connectivity index (χ4v) is 4.90. The third-order valence-corrected chi connectivity index (χ3v) is 6.52. The molecule has 2 aliphatic carbocycles. The molecule has 2 aromatic rings. The molecule has 0 radical (unpaired) electrons. The summed E-state index contributed by atoms with van der Waals surface area (Å²) >= 11 is 1.53. The third-order valence-electron chi connectivity index (χ3n) is 5.57. The average Bonchev–Trinajstić information content (AvgIpc) is 3.48. The number of rotatable bonds is 7. The molecule has 2 aliphatic rings. The maximum absolute atomic E-state index is 13.2. The monoisotopic (exact) mass is 384 g/mol. The van der Waals surface area contributed by atoms with Crippen molar-refractivity contribution in [3.63, 3.8) is 0 Å². The predicted molar refractivity (Wildman–Crippen MR) is 109 cm³/mol. The van der Waals surface area contributed by atoms with Gasteiger partial charge in [0.15, 0.2) is 5.16 Å². The van der Waals surface area contributed by atoms with Crippen molar-refractivity contribution in [3.8, 4) is 0 Å². The number of hydrogen-bond acceptors (Lipinski definition) is 4. The van der Waals surface area contributed by atoms with Gasteiger partial charge >= 0.3 is 0 Å². The van der Waals surface area contributed by atoms with Crippen LogP contribution in [0.2, 0.25) is 0 Å². The van der Waals surface area contributed by atoms with Gasteiger partial charge in [0.05, 0.1) is 5.75 Å². The largest absolute Gasteiger partial charge is 0.309 e. The molecule has 0 N–H and O–H groups in total. The van der Waals surface area contributed by atoms with Crippen molar-refractivity contribution in [1.29, 1.82) is 0 Å². The van der Waals surface area contributed by atoms with Crippen LogP contribution >= 0.6 is 11.8 Å². The molecule has 27 heavy (non-hydrogen) atoms. The van der Waals surface area contributed by atoms with Crippen LogP contribution < -0.4 is 4.90 Å². The first-order valence-corrected chi connectivity index (χ1v) is 11.2. The van der Waals surface area contributed by atoms with Crippen LogP contribution in [0.4, 0.5) is 5.69 Å². The summed E-state index contributed by atoms with van der Waals surface area (Å²) in [6, 6.07) is 10.5. The van der Waals surface area contributed by atoms with Crippen molar-refractivity contribution in [2.45, 2.75) is 75.5 Å². The maximum atomic E-state index is 13.2. The van der Waals surface area contributed by atoms with Gasteiger partial charge in [-0.15, -0.1) is 10.2 Å². The van der Waals surface area contributed by atoms with Crippen LogP contribution in [0.3, 0.4) is 0 Å². The van der Waals surface area contributed by atoms with Crippen LogP contribution in [-0.4, -0.2) is 32.5 Å². The Morgan fingerprint density at radius 3 is 2.52 bits per heavy atom. The number of hydrogen-bond donors (Lipinski definition) is 0. The van der Waals surface area contributed by atoms with E-state index in [0.29, 0.717) is 17.7 Å². The van der Waals surface area contributed by atoms with Gasteiger partial charge in [-0.3, -0.25) is 4.79 Å². The lowest BCUT2D eigenvalue weighted by atomic mass is 9.93. The Hall–Kier alpha value is -1.82. The Morgan fingerprint density at radius 2 is 1.85 bits per heavy atom. The Labute approximate surface area is 165 Å². The lowest BCUT2D eigenvalue weighted by Gasteiger charge is -2.34. The number of anilines is 1. The van der Waals surface area contributed by atoms with Gasteiger partial charge in [-0.05, 0) is 44.7 Å². The van der Waals surface area contributed by atoms with Crippen LogP contribution in [0, 0.1) is 0 Å². The van der Waals surface area contributed by atoms with Crippen LogP contribution in [-0.2, 0) is 11.3 Å². The van der Waals surface area contributed by atoms with Gasteiger partial charge in [0.1, 0.15) is 5.82 Å². The van der Waals surface area contributed by atoms with E-state index in [4.69, 9.17) is 0 Å². The lowest BCUT2D eigenvalue weighted by molar-refractivity contribution is -0.116. The molecule has 0 aliphatic heterocycles. The van der Waals surface area contributed by atoms with E-state index in [-0.39, 0.29) is 5.91 Å². The van der Waals surface area contributed by atoms with Gasteiger partial charge < -0.3 is 9.47 Å². The second-order valence-electron chi connectivity index (χ2n) is 7.54. The van der Waals surface area contributed by atoms with Crippen molar-refractivity contribution in [2.75, 3.05) is 10.7 Å². The lowest BCUT2D eigenvalue weighted by Crippen LogP contribution is -2.42. The zero-order chi connectivity index (χ0) is 18.6. The van der Waals surface area contributed by atoms with E-state index in [1.54, 1.807) is 0 Å². The molecule has 0 atom stereocenters. The first-order chi connectivity index (χ1) is 13.3. The number of aromatic nitrogens is 3. The van der Waals surface area contributed by atoms with Crippen molar-refractivity contribution in [2.24, 2.45) is 0 Å². The maximum Gasteiger partial charge on any atom is 0.237 e. The molecular weight excluding hydrogens is 356 g/mol. The van der Waals surface area contributed by atoms with E-state index in [1.165, 1.54) is 43.9 Å². The minimum absolute atomic E-state index is 0.178. The number of carbonyl (C=O) groups is 1. The van der Waals surface area contributed by atoms with Gasteiger partial charge in [0.25, 0.3) is 0 Å². The highest BCUT2D eigenvalue weighted by Crippen LogP contribution is 2.40. The molecule has 1 heterocycles. The smallest absolute Gasteiger partial charge is 0.237 e. The van der Waals surface area contributed by atoms with Gasteiger partial charge in [0.2, 0.25) is 5.91 Å². The Balaban J connectivity index is 1.48. The second-order valence-corrected chi connectivity index (χ2v) is 8.48. The summed E-state index contributed by atoms with van der Waals surface area (Å²) < 4.78 is 2.18. The summed E-state index contributed by atoms with van der Waals surface area (Å²) in [5, 5.41) is 9.64. The van der Waals surface area contributed by atoms with E-state index in [9.17, 15) is 4.79 Å². The fourth-order valence-electron chi connectivity index (χ4n) is 4.03. The molecule has 1 aromatic carbocycles. The molecule has 2 fully saturated rings. The zero-order valence-electron chi connectivity index (χ0n) is 16.0. The minimum Gasteiger partial charge on any atom is -0.309 e. The fraction of sp³-hybridized carbons (Fsp3) is 0.571. The molecule has 0 unspecified atom stereocenters. The number of para-hydroxylation sites is 1. The highest BCUT2D eigenvalue weighted by molar-refractivity contribution is 7.99. The number of carbonyl (C=O) groups excluding carboxylic acids is 1. The van der Waals surface area contributed by atoms with E-state index < -0.39 is 0 Å².